The normalized spacial score (nSPS) is 10.8. The molecule has 0 spiro atoms. The van der Waals surface area contributed by atoms with Gasteiger partial charge in [0.25, 0.3) is 5.91 Å². The van der Waals surface area contributed by atoms with Crippen LogP contribution in [-0.4, -0.2) is 41.4 Å². The number of nitrogens with two attached hydrogens (primary N) is 1. The number of fused-ring (bicyclic) bond motifs is 1. The van der Waals surface area contributed by atoms with Gasteiger partial charge in [0.15, 0.2) is 0 Å². The molecule has 0 bridgehead atoms. The third-order valence-electron chi connectivity index (χ3n) is 4.65. The van der Waals surface area contributed by atoms with Gasteiger partial charge in [-0.1, -0.05) is 25.1 Å². The Balaban J connectivity index is 2.18. The number of nitrogens with zero attached hydrogens (tertiary/aromatic N) is 3. The summed E-state index contributed by atoms with van der Waals surface area (Å²) in [4.78, 5) is 23.3. The van der Waals surface area contributed by atoms with E-state index in [0.717, 1.165) is 40.6 Å². The van der Waals surface area contributed by atoms with Crippen molar-refractivity contribution < 1.29 is 4.79 Å². The van der Waals surface area contributed by atoms with Crippen molar-refractivity contribution in [1.29, 1.82) is 0 Å². The van der Waals surface area contributed by atoms with Gasteiger partial charge in [0.1, 0.15) is 5.82 Å². The smallest absolute Gasteiger partial charge is 0.254 e. The van der Waals surface area contributed by atoms with E-state index in [1.807, 2.05) is 50.4 Å². The van der Waals surface area contributed by atoms with E-state index in [1.54, 1.807) is 11.9 Å². The molecular weight excluding hydrogens is 338 g/mol. The van der Waals surface area contributed by atoms with E-state index in [2.05, 4.69) is 22.2 Å². The molecule has 3 N–H and O–H groups in total. The van der Waals surface area contributed by atoms with Crippen molar-refractivity contribution in [2.75, 3.05) is 31.7 Å². The lowest BCUT2D eigenvalue weighted by atomic mass is 9.93. The molecule has 0 aliphatic carbocycles. The zero-order valence-corrected chi connectivity index (χ0v) is 16.2. The molecule has 0 saturated carbocycles. The Morgan fingerprint density at radius 1 is 1.22 bits per heavy atom. The molecular formula is C21H25N5O. The molecule has 3 aromatic rings. The third kappa shape index (κ3) is 3.56. The lowest BCUT2D eigenvalue weighted by molar-refractivity contribution is 0.0796. The van der Waals surface area contributed by atoms with Crippen molar-refractivity contribution in [1.82, 2.24) is 14.9 Å². The van der Waals surface area contributed by atoms with Gasteiger partial charge < -0.3 is 16.0 Å². The van der Waals surface area contributed by atoms with Crippen molar-refractivity contribution in [3.8, 4) is 11.1 Å². The topological polar surface area (TPSA) is 84.1 Å². The first-order valence-corrected chi connectivity index (χ1v) is 9.06. The van der Waals surface area contributed by atoms with Gasteiger partial charge in [-0.2, -0.15) is 4.98 Å². The summed E-state index contributed by atoms with van der Waals surface area (Å²) in [6, 6.07) is 11.8. The Hall–Kier alpha value is -3.15. The first-order chi connectivity index (χ1) is 13.0. The molecule has 6 heteroatoms. The minimum atomic E-state index is 0.0220. The standard InChI is InChI=1S/C21H25N5O/c1-5-11-26(4)20(27)16-8-6-7-13(2)18(16)14-9-10-15-17(12-14)24-21(22)25-19(15)23-3/h6-10,12H,5,11H2,1-4H3,(H3,22,23,24,25). The second kappa shape index (κ2) is 7.61. The number of benzene rings is 2. The van der Waals surface area contributed by atoms with Crippen LogP contribution in [0.3, 0.4) is 0 Å². The molecule has 27 heavy (non-hydrogen) atoms. The first kappa shape index (κ1) is 18.6. The first-order valence-electron chi connectivity index (χ1n) is 9.06. The number of nitrogen functional groups attached to an aromatic ring is 1. The predicted octanol–water partition coefficient (Wildman–Crippen LogP) is 3.71. The molecule has 6 nitrogen and oxygen atoms in total. The van der Waals surface area contributed by atoms with E-state index in [-0.39, 0.29) is 11.9 Å². The fourth-order valence-corrected chi connectivity index (χ4v) is 3.37. The van der Waals surface area contributed by atoms with Crippen LogP contribution in [0.25, 0.3) is 22.0 Å². The molecule has 140 valence electrons. The highest BCUT2D eigenvalue weighted by atomic mass is 16.2. The quantitative estimate of drug-likeness (QED) is 0.722. The molecule has 1 amide bonds. The highest BCUT2D eigenvalue weighted by molar-refractivity contribution is 6.03. The zero-order valence-electron chi connectivity index (χ0n) is 16.2. The number of amides is 1. The van der Waals surface area contributed by atoms with E-state index in [4.69, 9.17) is 5.73 Å². The van der Waals surface area contributed by atoms with Gasteiger partial charge in [-0.05, 0) is 48.2 Å². The van der Waals surface area contributed by atoms with Crippen molar-refractivity contribution in [3.05, 3.63) is 47.5 Å². The van der Waals surface area contributed by atoms with Crippen molar-refractivity contribution in [2.24, 2.45) is 0 Å². The monoisotopic (exact) mass is 363 g/mol. The molecule has 0 aliphatic heterocycles. The zero-order chi connectivity index (χ0) is 19.6. The lowest BCUT2D eigenvalue weighted by Crippen LogP contribution is -2.28. The van der Waals surface area contributed by atoms with E-state index >= 15 is 0 Å². The summed E-state index contributed by atoms with van der Waals surface area (Å²) in [5.41, 5.74) is 10.2. The summed E-state index contributed by atoms with van der Waals surface area (Å²) in [5.74, 6) is 0.925. The van der Waals surface area contributed by atoms with Crippen LogP contribution >= 0.6 is 0 Å². The van der Waals surface area contributed by atoms with Crippen LogP contribution in [0.5, 0.6) is 0 Å². The predicted molar refractivity (Wildman–Crippen MR) is 111 cm³/mol. The van der Waals surface area contributed by atoms with Gasteiger partial charge in [0.05, 0.1) is 5.52 Å². The Labute approximate surface area is 159 Å². The molecule has 0 unspecified atom stereocenters. The number of anilines is 2. The Bertz CT molecular complexity index is 999. The van der Waals surface area contributed by atoms with Gasteiger partial charge in [-0.25, -0.2) is 4.98 Å². The minimum Gasteiger partial charge on any atom is -0.372 e. The molecule has 0 radical (unpaired) electrons. The molecule has 2 aromatic carbocycles. The maximum atomic E-state index is 13.0. The van der Waals surface area contributed by atoms with Gasteiger partial charge in [-0.15, -0.1) is 0 Å². The van der Waals surface area contributed by atoms with Crippen molar-refractivity contribution in [2.45, 2.75) is 20.3 Å². The van der Waals surface area contributed by atoms with E-state index < -0.39 is 0 Å². The maximum absolute atomic E-state index is 13.0. The fraction of sp³-hybridized carbons (Fsp3) is 0.286. The number of carbonyl (C=O) groups excluding carboxylic acids is 1. The maximum Gasteiger partial charge on any atom is 0.254 e. The third-order valence-corrected chi connectivity index (χ3v) is 4.65. The SMILES string of the molecule is CCCN(C)C(=O)c1cccc(C)c1-c1ccc2c(NC)nc(N)nc2c1. The Kier molecular flexibility index (Phi) is 5.26. The van der Waals surface area contributed by atoms with Crippen LogP contribution in [0.2, 0.25) is 0 Å². The lowest BCUT2D eigenvalue weighted by Gasteiger charge is -2.20. The average molecular weight is 363 g/mol. The van der Waals surface area contributed by atoms with Gasteiger partial charge in [-0.3, -0.25) is 4.79 Å². The highest BCUT2D eigenvalue weighted by Gasteiger charge is 2.18. The highest BCUT2D eigenvalue weighted by Crippen LogP contribution is 2.32. The summed E-state index contributed by atoms with van der Waals surface area (Å²) < 4.78 is 0. The summed E-state index contributed by atoms with van der Waals surface area (Å²) in [6.45, 7) is 4.80. The summed E-state index contributed by atoms with van der Waals surface area (Å²) in [5, 5.41) is 3.94. The van der Waals surface area contributed by atoms with Crippen LogP contribution < -0.4 is 11.1 Å². The fourth-order valence-electron chi connectivity index (χ4n) is 3.37. The molecule has 0 aliphatic rings. The van der Waals surface area contributed by atoms with Gasteiger partial charge in [0, 0.05) is 31.6 Å². The van der Waals surface area contributed by atoms with Crippen molar-refractivity contribution >= 4 is 28.6 Å². The van der Waals surface area contributed by atoms with E-state index in [0.29, 0.717) is 11.4 Å². The number of nitrogens with one attached hydrogen (secondary N) is 1. The number of rotatable bonds is 5. The molecule has 0 atom stereocenters. The molecule has 0 saturated heterocycles. The van der Waals surface area contributed by atoms with Crippen LogP contribution in [-0.2, 0) is 0 Å². The molecule has 1 aromatic heterocycles. The van der Waals surface area contributed by atoms with Crippen molar-refractivity contribution in [3.63, 3.8) is 0 Å². The second-order valence-corrected chi connectivity index (χ2v) is 6.64. The number of aryl methyl sites for hydroxylation is 1. The van der Waals surface area contributed by atoms with Crippen LogP contribution in [0.15, 0.2) is 36.4 Å². The Morgan fingerprint density at radius 3 is 2.70 bits per heavy atom. The second-order valence-electron chi connectivity index (χ2n) is 6.64. The van der Waals surface area contributed by atoms with Gasteiger partial charge in [0.2, 0.25) is 5.95 Å². The number of hydrogen-bond acceptors (Lipinski definition) is 5. The summed E-state index contributed by atoms with van der Waals surface area (Å²) in [6.07, 6.45) is 0.919. The number of carbonyl (C=O) groups is 1. The number of aromatic nitrogens is 2. The van der Waals surface area contributed by atoms with Gasteiger partial charge >= 0.3 is 0 Å². The Morgan fingerprint density at radius 2 is 2.00 bits per heavy atom. The number of hydrogen-bond donors (Lipinski definition) is 2. The average Bonchev–Trinajstić information content (AvgIpc) is 2.66. The van der Waals surface area contributed by atoms with Crippen LogP contribution in [0, 0.1) is 6.92 Å². The molecule has 3 rings (SSSR count). The van der Waals surface area contributed by atoms with E-state index in [1.165, 1.54) is 0 Å². The van der Waals surface area contributed by atoms with Crippen LogP contribution in [0.4, 0.5) is 11.8 Å². The van der Waals surface area contributed by atoms with E-state index in [9.17, 15) is 4.79 Å². The molecule has 0 fully saturated rings. The summed E-state index contributed by atoms with van der Waals surface area (Å²) in [7, 11) is 3.64. The minimum absolute atomic E-state index is 0.0220. The van der Waals surface area contributed by atoms with Crippen LogP contribution in [0.1, 0.15) is 29.3 Å². The molecule has 1 heterocycles. The largest absolute Gasteiger partial charge is 0.372 e. The summed E-state index contributed by atoms with van der Waals surface area (Å²) >= 11 is 0.